The molecule has 0 fully saturated rings. The van der Waals surface area contributed by atoms with Gasteiger partial charge in [0.25, 0.3) is 5.56 Å². The van der Waals surface area contributed by atoms with E-state index in [1.807, 2.05) is 48.5 Å². The Kier molecular flexibility index (Phi) is 5.78. The summed E-state index contributed by atoms with van der Waals surface area (Å²) in [6.07, 6.45) is 0.682. The molecule has 156 valence electrons. The lowest BCUT2D eigenvalue weighted by molar-refractivity contribution is -0.131. The molecule has 1 heterocycles. The van der Waals surface area contributed by atoms with Crippen LogP contribution in [0.2, 0.25) is 5.02 Å². The van der Waals surface area contributed by atoms with E-state index in [0.717, 1.165) is 16.9 Å². The molecule has 5 nitrogen and oxygen atoms in total. The average Bonchev–Trinajstić information content (AvgIpc) is 2.74. The predicted octanol–water partition coefficient (Wildman–Crippen LogP) is 5.37. The highest BCUT2D eigenvalue weighted by molar-refractivity contribution is 6.31. The summed E-state index contributed by atoms with van der Waals surface area (Å²) in [5.74, 6) is 0.522. The maximum Gasteiger partial charge on any atom is 0.308 e. The van der Waals surface area contributed by atoms with Gasteiger partial charge in [-0.25, -0.2) is 0 Å². The molecular weight excluding hydrogens is 413 g/mol. The highest BCUT2D eigenvalue weighted by atomic mass is 35.5. The number of hydrogen-bond acceptors (Lipinski definition) is 4. The van der Waals surface area contributed by atoms with E-state index in [4.69, 9.17) is 21.1 Å². The number of rotatable bonds is 5. The molecule has 0 saturated carbocycles. The number of aromatic nitrogens is 1. The minimum absolute atomic E-state index is 0.226. The van der Waals surface area contributed by atoms with Crippen molar-refractivity contribution < 1.29 is 14.3 Å². The highest BCUT2D eigenvalue weighted by Gasteiger charge is 2.18. The summed E-state index contributed by atoms with van der Waals surface area (Å²) in [7, 11) is 1.63. The highest BCUT2D eigenvalue weighted by Crippen LogP contribution is 2.35. The molecule has 0 bridgehead atoms. The van der Waals surface area contributed by atoms with Crippen LogP contribution in [0.3, 0.4) is 0 Å². The van der Waals surface area contributed by atoms with Crippen LogP contribution < -0.4 is 15.0 Å². The van der Waals surface area contributed by atoms with Crippen LogP contribution in [0.25, 0.3) is 22.0 Å². The van der Waals surface area contributed by atoms with Gasteiger partial charge in [0.15, 0.2) is 5.75 Å². The van der Waals surface area contributed by atoms with Crippen LogP contribution in [0.5, 0.6) is 11.5 Å². The van der Waals surface area contributed by atoms with Gasteiger partial charge in [-0.05, 0) is 53.4 Å². The Hall–Kier alpha value is -3.57. The van der Waals surface area contributed by atoms with Crippen molar-refractivity contribution in [2.24, 2.45) is 0 Å². The number of carbonyl (C=O) groups is 1. The lowest BCUT2D eigenvalue weighted by Gasteiger charge is -2.13. The Morgan fingerprint density at radius 1 is 1.00 bits per heavy atom. The van der Waals surface area contributed by atoms with E-state index in [0.29, 0.717) is 33.5 Å². The second kappa shape index (κ2) is 8.66. The molecule has 0 radical (unpaired) electrons. The van der Waals surface area contributed by atoms with Crippen LogP contribution in [-0.4, -0.2) is 18.1 Å². The smallest absolute Gasteiger partial charge is 0.308 e. The molecule has 0 saturated heterocycles. The molecule has 4 rings (SSSR count). The molecule has 0 spiro atoms. The number of carbonyl (C=O) groups excluding carboxylic acids is 1. The second-order valence-electron chi connectivity index (χ2n) is 7.17. The number of nitrogens with one attached hydrogen (secondary N) is 1. The van der Waals surface area contributed by atoms with Crippen LogP contribution in [0, 0.1) is 0 Å². The van der Waals surface area contributed by atoms with Crippen molar-refractivity contribution in [3.05, 3.63) is 93.2 Å². The molecule has 1 aromatic heterocycles. The van der Waals surface area contributed by atoms with Gasteiger partial charge in [-0.15, -0.1) is 0 Å². The largest absolute Gasteiger partial charge is 0.497 e. The number of esters is 1. The van der Waals surface area contributed by atoms with E-state index in [1.165, 1.54) is 6.92 Å². The van der Waals surface area contributed by atoms with Gasteiger partial charge < -0.3 is 14.5 Å². The fourth-order valence-electron chi connectivity index (χ4n) is 3.57. The summed E-state index contributed by atoms with van der Waals surface area (Å²) in [5, 5.41) is 1.08. The van der Waals surface area contributed by atoms with Crippen LogP contribution in [0.4, 0.5) is 0 Å². The zero-order valence-corrected chi connectivity index (χ0v) is 17.8. The lowest BCUT2D eigenvalue weighted by Crippen LogP contribution is -2.14. The summed E-state index contributed by atoms with van der Waals surface area (Å²) in [6, 6.07) is 20.5. The molecule has 6 heteroatoms. The monoisotopic (exact) mass is 432 g/mol. The van der Waals surface area contributed by atoms with Gasteiger partial charge in [0, 0.05) is 17.3 Å². The molecule has 0 atom stereocenters. The number of ether oxygens (including phenoxy) is 2. The maximum absolute atomic E-state index is 13.0. The molecule has 3 aromatic carbocycles. The number of aromatic amines is 1. The first kappa shape index (κ1) is 20.7. The molecular formula is C25H20ClNO4. The van der Waals surface area contributed by atoms with Gasteiger partial charge in [0.05, 0.1) is 18.2 Å². The minimum Gasteiger partial charge on any atom is -0.497 e. The summed E-state index contributed by atoms with van der Waals surface area (Å²) in [5.41, 5.74) is 3.26. The summed E-state index contributed by atoms with van der Waals surface area (Å²) < 4.78 is 10.7. The number of hydrogen-bond donors (Lipinski definition) is 1. The fourth-order valence-corrected chi connectivity index (χ4v) is 3.74. The average molecular weight is 433 g/mol. The number of fused-ring (bicyclic) bond motifs is 1. The fraction of sp³-hybridized carbons (Fsp3) is 0.120. The van der Waals surface area contributed by atoms with Crippen LogP contribution in [0.15, 0.2) is 71.5 Å². The predicted molar refractivity (Wildman–Crippen MR) is 122 cm³/mol. The number of halogens is 1. The van der Waals surface area contributed by atoms with E-state index in [-0.39, 0.29) is 11.3 Å². The van der Waals surface area contributed by atoms with Crippen molar-refractivity contribution in [1.82, 2.24) is 4.98 Å². The summed E-state index contributed by atoms with van der Waals surface area (Å²) >= 11 is 6.07. The quantitative estimate of drug-likeness (QED) is 0.430. The topological polar surface area (TPSA) is 68.4 Å². The first-order valence-electron chi connectivity index (χ1n) is 9.71. The molecule has 1 N–H and O–H groups in total. The third-order valence-electron chi connectivity index (χ3n) is 4.96. The van der Waals surface area contributed by atoms with E-state index < -0.39 is 5.97 Å². The van der Waals surface area contributed by atoms with Gasteiger partial charge in [0.2, 0.25) is 0 Å². The van der Waals surface area contributed by atoms with Crippen LogP contribution in [0.1, 0.15) is 18.1 Å². The Labute approximate surface area is 184 Å². The minimum atomic E-state index is -0.502. The third-order valence-corrected chi connectivity index (χ3v) is 5.19. The number of H-pyrrole nitrogens is 1. The molecule has 0 aliphatic heterocycles. The SMILES string of the molecule is CC(=O)Oc1c(-c2cccc(Cc3ccc(O[11CH3])cc3)c2)c(=O)[nH]c2cc(Cl)ccc12. The maximum atomic E-state index is 13.0. The van der Waals surface area contributed by atoms with Gasteiger partial charge in [0.1, 0.15) is 5.75 Å². The third kappa shape index (κ3) is 4.47. The van der Waals surface area contributed by atoms with Gasteiger partial charge in [-0.3, -0.25) is 9.59 Å². The number of benzene rings is 3. The normalized spacial score (nSPS) is 10.8. The molecule has 31 heavy (non-hydrogen) atoms. The molecule has 0 aliphatic carbocycles. The molecule has 0 aliphatic rings. The Morgan fingerprint density at radius 3 is 2.48 bits per heavy atom. The van der Waals surface area contributed by atoms with Crippen LogP contribution in [-0.2, 0) is 11.2 Å². The van der Waals surface area contributed by atoms with E-state index in [2.05, 4.69) is 4.98 Å². The lowest BCUT2D eigenvalue weighted by atomic mass is 9.98. The number of methoxy groups -OCH3 is 1. The first-order chi connectivity index (χ1) is 14.9. The Balaban J connectivity index is 1.81. The van der Waals surface area contributed by atoms with Gasteiger partial charge in [-0.1, -0.05) is 48.0 Å². The van der Waals surface area contributed by atoms with Crippen molar-refractivity contribution in [2.45, 2.75) is 13.3 Å². The zero-order chi connectivity index (χ0) is 22.0. The summed E-state index contributed by atoms with van der Waals surface area (Å²) in [6.45, 7) is 1.31. The Morgan fingerprint density at radius 2 is 1.77 bits per heavy atom. The van der Waals surface area contributed by atoms with Crippen molar-refractivity contribution in [3.63, 3.8) is 0 Å². The summed E-state index contributed by atoms with van der Waals surface area (Å²) in [4.78, 5) is 27.6. The molecule has 0 amide bonds. The van der Waals surface area contributed by atoms with Gasteiger partial charge >= 0.3 is 5.97 Å². The van der Waals surface area contributed by atoms with Crippen molar-refractivity contribution >= 4 is 28.5 Å². The van der Waals surface area contributed by atoms with Crippen molar-refractivity contribution in [3.8, 4) is 22.6 Å². The zero-order valence-electron chi connectivity index (χ0n) is 17.1. The standard InChI is InChI=1S/C25H20ClNO4/c1-15(28)31-24-21-11-8-19(26)14-22(21)27-25(29)23(24)18-5-3-4-17(13-18)12-16-6-9-20(30-2)10-7-16/h3-11,13-14H,12H2,1-2H3,(H,27,29)/i2-1. The van der Waals surface area contributed by atoms with E-state index >= 15 is 0 Å². The van der Waals surface area contributed by atoms with Crippen molar-refractivity contribution in [1.29, 1.82) is 0 Å². The number of pyridine rings is 1. The van der Waals surface area contributed by atoms with Crippen molar-refractivity contribution in [2.75, 3.05) is 7.11 Å². The second-order valence-corrected chi connectivity index (χ2v) is 7.60. The molecule has 4 aromatic rings. The van der Waals surface area contributed by atoms with Gasteiger partial charge in [-0.2, -0.15) is 0 Å². The first-order valence-corrected chi connectivity index (χ1v) is 10.1. The van der Waals surface area contributed by atoms with E-state index in [9.17, 15) is 9.59 Å². The Bertz CT molecular complexity index is 1330. The van der Waals surface area contributed by atoms with E-state index in [1.54, 1.807) is 25.3 Å². The molecule has 0 unspecified atom stereocenters. The van der Waals surface area contributed by atoms with Crippen LogP contribution >= 0.6 is 11.6 Å².